The number of H-pyrrole nitrogens is 1. The van der Waals surface area contributed by atoms with Crippen LogP contribution in [0.5, 0.6) is 0 Å². The van der Waals surface area contributed by atoms with Crippen molar-refractivity contribution in [2.24, 2.45) is 0 Å². The quantitative estimate of drug-likeness (QED) is 0.763. The smallest absolute Gasteiger partial charge is 0.237 e. The van der Waals surface area contributed by atoms with Gasteiger partial charge in [-0.2, -0.15) is 0 Å². The van der Waals surface area contributed by atoms with Crippen LogP contribution in [0.2, 0.25) is 0 Å². The van der Waals surface area contributed by atoms with Gasteiger partial charge in [0.2, 0.25) is 5.91 Å². The number of likely N-dealkylation sites (tertiary alicyclic amines) is 1. The van der Waals surface area contributed by atoms with E-state index in [9.17, 15) is 4.79 Å². The molecule has 0 aliphatic carbocycles. The topological polar surface area (TPSA) is 39.3 Å². The number of rotatable bonds is 3. The van der Waals surface area contributed by atoms with Crippen molar-refractivity contribution in [2.75, 3.05) is 19.6 Å². The molecule has 2 aliphatic heterocycles. The zero-order chi connectivity index (χ0) is 17.5. The average molecular weight is 366 g/mol. The van der Waals surface area contributed by atoms with E-state index in [4.69, 9.17) is 0 Å². The summed E-state index contributed by atoms with van der Waals surface area (Å²) in [5.74, 6) is 0.268. The van der Waals surface area contributed by atoms with E-state index in [0.717, 1.165) is 26.1 Å². The van der Waals surface area contributed by atoms with Gasteiger partial charge in [-0.1, -0.05) is 24.3 Å². The summed E-state index contributed by atoms with van der Waals surface area (Å²) in [5.41, 5.74) is 3.79. The van der Waals surface area contributed by atoms with Gasteiger partial charge in [-0.05, 0) is 36.9 Å². The summed E-state index contributed by atoms with van der Waals surface area (Å²) >= 11 is 1.81. The van der Waals surface area contributed by atoms with Crippen LogP contribution in [-0.2, 0) is 17.8 Å². The molecular formula is C21H23N3OS. The molecule has 1 N–H and O–H groups in total. The molecule has 4 heterocycles. The van der Waals surface area contributed by atoms with Gasteiger partial charge in [-0.25, -0.2) is 0 Å². The average Bonchev–Trinajstić information content (AvgIpc) is 3.40. The van der Waals surface area contributed by atoms with Crippen LogP contribution in [0.25, 0.3) is 10.9 Å². The summed E-state index contributed by atoms with van der Waals surface area (Å²) in [6.07, 6.45) is 3.27. The Bertz CT molecular complexity index is 930. The first-order chi connectivity index (χ1) is 12.8. The molecule has 0 radical (unpaired) electrons. The van der Waals surface area contributed by atoms with Crippen LogP contribution in [0.15, 0.2) is 41.8 Å². The molecule has 1 fully saturated rings. The van der Waals surface area contributed by atoms with E-state index in [-0.39, 0.29) is 5.91 Å². The maximum atomic E-state index is 13.0. The zero-order valence-electron chi connectivity index (χ0n) is 14.8. The van der Waals surface area contributed by atoms with Gasteiger partial charge in [0, 0.05) is 52.6 Å². The van der Waals surface area contributed by atoms with E-state index in [1.165, 1.54) is 39.9 Å². The Morgan fingerprint density at radius 3 is 3.00 bits per heavy atom. The number of aromatic amines is 1. The molecule has 26 heavy (non-hydrogen) atoms. The molecule has 134 valence electrons. The Labute approximate surface area is 157 Å². The molecule has 4 nitrogen and oxygen atoms in total. The minimum Gasteiger partial charge on any atom is -0.358 e. The van der Waals surface area contributed by atoms with E-state index < -0.39 is 0 Å². The van der Waals surface area contributed by atoms with Crippen LogP contribution < -0.4 is 0 Å². The van der Waals surface area contributed by atoms with Crippen LogP contribution in [0, 0.1) is 0 Å². The lowest BCUT2D eigenvalue weighted by Crippen LogP contribution is -2.42. The molecule has 0 spiro atoms. The zero-order valence-corrected chi connectivity index (χ0v) is 15.6. The van der Waals surface area contributed by atoms with Gasteiger partial charge in [-0.3, -0.25) is 9.69 Å². The highest BCUT2D eigenvalue weighted by Crippen LogP contribution is 2.34. The monoisotopic (exact) mass is 365 g/mol. The van der Waals surface area contributed by atoms with Crippen molar-refractivity contribution < 1.29 is 4.79 Å². The summed E-state index contributed by atoms with van der Waals surface area (Å²) in [6, 6.07) is 13.2. The maximum absolute atomic E-state index is 13.0. The van der Waals surface area contributed by atoms with Gasteiger partial charge >= 0.3 is 0 Å². The van der Waals surface area contributed by atoms with Crippen LogP contribution in [0.4, 0.5) is 0 Å². The van der Waals surface area contributed by atoms with E-state index in [2.05, 4.69) is 51.7 Å². The molecule has 1 atom stereocenters. The molecule has 2 aromatic heterocycles. The first-order valence-electron chi connectivity index (χ1n) is 9.43. The standard InChI is InChI=1S/C21H23N3OS/c25-21(14-23-10-3-7-19(23)20-8-4-12-26-20)24-11-9-18-16(13-24)15-5-1-2-6-17(15)22-18/h1-2,4-6,8,12,19,22H,3,7,9-11,13-14H2/t19-/m0/s1. The molecule has 1 aromatic carbocycles. The minimum atomic E-state index is 0.268. The fourth-order valence-corrected chi connectivity index (χ4v) is 5.37. The van der Waals surface area contributed by atoms with Crippen molar-refractivity contribution in [2.45, 2.75) is 31.8 Å². The first-order valence-corrected chi connectivity index (χ1v) is 10.3. The van der Waals surface area contributed by atoms with Crippen molar-refractivity contribution in [1.29, 1.82) is 0 Å². The van der Waals surface area contributed by atoms with Crippen molar-refractivity contribution in [3.05, 3.63) is 57.9 Å². The van der Waals surface area contributed by atoms with Gasteiger partial charge < -0.3 is 9.88 Å². The molecule has 5 heteroatoms. The second kappa shape index (κ2) is 6.56. The third-order valence-corrected chi connectivity index (χ3v) is 6.78. The number of fused-ring (bicyclic) bond motifs is 3. The molecule has 0 unspecified atom stereocenters. The number of hydrogen-bond donors (Lipinski definition) is 1. The van der Waals surface area contributed by atoms with Crippen LogP contribution in [0.1, 0.15) is 35.0 Å². The molecular weight excluding hydrogens is 342 g/mol. The van der Waals surface area contributed by atoms with E-state index in [1.54, 1.807) is 0 Å². The SMILES string of the molecule is O=C(CN1CCC[C@H]1c1cccs1)N1CCc2[nH]c3ccccc3c2C1. The predicted molar refractivity (Wildman–Crippen MR) is 105 cm³/mol. The number of aromatic nitrogens is 1. The first kappa shape index (κ1) is 16.1. The molecule has 1 saturated heterocycles. The second-order valence-corrected chi connectivity index (χ2v) is 8.32. The van der Waals surface area contributed by atoms with E-state index in [1.807, 2.05) is 16.2 Å². The third-order valence-electron chi connectivity index (χ3n) is 5.81. The largest absolute Gasteiger partial charge is 0.358 e. The fraction of sp³-hybridized carbons (Fsp3) is 0.381. The number of amides is 1. The van der Waals surface area contributed by atoms with Crippen molar-refractivity contribution in [3.63, 3.8) is 0 Å². The number of hydrogen-bond acceptors (Lipinski definition) is 3. The highest BCUT2D eigenvalue weighted by Gasteiger charge is 2.31. The Kier molecular flexibility index (Phi) is 4.06. The Morgan fingerprint density at radius 2 is 2.12 bits per heavy atom. The number of para-hydroxylation sites is 1. The number of nitrogens with zero attached hydrogens (tertiary/aromatic N) is 2. The number of carbonyl (C=O) groups excluding carboxylic acids is 1. The number of thiophene rings is 1. The normalized spacial score (nSPS) is 20.6. The highest BCUT2D eigenvalue weighted by molar-refractivity contribution is 7.10. The van der Waals surface area contributed by atoms with Gasteiger partial charge in [0.05, 0.1) is 6.54 Å². The summed E-state index contributed by atoms with van der Waals surface area (Å²) in [5, 5.41) is 3.40. The van der Waals surface area contributed by atoms with Gasteiger partial charge in [-0.15, -0.1) is 11.3 Å². The number of carbonyl (C=O) groups is 1. The molecule has 0 saturated carbocycles. The van der Waals surface area contributed by atoms with E-state index >= 15 is 0 Å². The third kappa shape index (κ3) is 2.75. The summed E-state index contributed by atoms with van der Waals surface area (Å²) in [6.45, 7) is 3.12. The minimum absolute atomic E-state index is 0.268. The van der Waals surface area contributed by atoms with Crippen LogP contribution in [0.3, 0.4) is 0 Å². The maximum Gasteiger partial charge on any atom is 0.237 e. The fourth-order valence-electron chi connectivity index (χ4n) is 4.47. The molecule has 1 amide bonds. The summed E-state index contributed by atoms with van der Waals surface area (Å²) in [4.78, 5) is 22.4. The molecule has 2 aliphatic rings. The molecule has 3 aromatic rings. The number of nitrogens with one attached hydrogen (secondary N) is 1. The lowest BCUT2D eigenvalue weighted by molar-refractivity contribution is -0.133. The Hall–Kier alpha value is -2.11. The van der Waals surface area contributed by atoms with Crippen molar-refractivity contribution in [3.8, 4) is 0 Å². The summed E-state index contributed by atoms with van der Waals surface area (Å²) in [7, 11) is 0. The van der Waals surface area contributed by atoms with E-state index in [0.29, 0.717) is 12.6 Å². The number of benzene rings is 1. The Morgan fingerprint density at radius 1 is 1.19 bits per heavy atom. The lowest BCUT2D eigenvalue weighted by Gasteiger charge is -2.30. The molecule has 5 rings (SSSR count). The predicted octanol–water partition coefficient (Wildman–Crippen LogP) is 3.95. The van der Waals surface area contributed by atoms with Crippen molar-refractivity contribution in [1.82, 2.24) is 14.8 Å². The second-order valence-electron chi connectivity index (χ2n) is 7.34. The van der Waals surface area contributed by atoms with Crippen LogP contribution >= 0.6 is 11.3 Å². The Balaban J connectivity index is 1.32. The van der Waals surface area contributed by atoms with Crippen molar-refractivity contribution >= 4 is 28.1 Å². The lowest BCUT2D eigenvalue weighted by atomic mass is 10.0. The highest BCUT2D eigenvalue weighted by atomic mass is 32.1. The molecule has 0 bridgehead atoms. The van der Waals surface area contributed by atoms with Gasteiger partial charge in [0.1, 0.15) is 0 Å². The van der Waals surface area contributed by atoms with Gasteiger partial charge in [0.25, 0.3) is 0 Å². The summed E-state index contributed by atoms with van der Waals surface area (Å²) < 4.78 is 0. The van der Waals surface area contributed by atoms with Crippen LogP contribution in [-0.4, -0.2) is 40.3 Å². The van der Waals surface area contributed by atoms with Gasteiger partial charge in [0.15, 0.2) is 0 Å².